The van der Waals surface area contributed by atoms with Crippen molar-refractivity contribution in [2.75, 3.05) is 11.9 Å². The Morgan fingerprint density at radius 2 is 1.55 bits per heavy atom. The zero-order chi connectivity index (χ0) is 32.1. The lowest BCUT2D eigenvalue weighted by Gasteiger charge is -2.27. The molecule has 0 aliphatic heterocycles. The molecule has 234 valence electrons. The minimum Gasteiger partial charge on any atom is -0.481 e. The van der Waals surface area contributed by atoms with Crippen molar-refractivity contribution in [2.24, 2.45) is 0 Å². The number of pyridine rings is 1. The summed E-state index contributed by atoms with van der Waals surface area (Å²) < 4.78 is 43.1. The number of carboxylic acids is 1. The number of unbranched alkanes of at least 4 members (excludes halogenated alkanes) is 1. The molecule has 0 aliphatic rings. The van der Waals surface area contributed by atoms with Crippen molar-refractivity contribution in [2.45, 2.75) is 57.0 Å². The Bertz CT molecular complexity index is 1390. The van der Waals surface area contributed by atoms with Crippen LogP contribution in [0.2, 0.25) is 0 Å². The number of hydrogen-bond acceptors (Lipinski definition) is 7. The summed E-state index contributed by atoms with van der Waals surface area (Å²) in [7, 11) is 0. The van der Waals surface area contributed by atoms with Crippen LogP contribution in [0.5, 0.6) is 0 Å². The second-order valence-electron chi connectivity index (χ2n) is 9.90. The van der Waals surface area contributed by atoms with Crippen molar-refractivity contribution in [3.05, 3.63) is 84.6 Å². The lowest BCUT2D eigenvalue weighted by atomic mass is 9.98. The van der Waals surface area contributed by atoms with Gasteiger partial charge in [-0.1, -0.05) is 60.7 Å². The fraction of sp³-hybridized carbons (Fsp3) is 0.323. The molecule has 0 saturated heterocycles. The number of rotatable bonds is 15. The Labute approximate surface area is 252 Å². The average molecular weight is 615 g/mol. The van der Waals surface area contributed by atoms with Crippen molar-refractivity contribution in [1.82, 2.24) is 15.6 Å². The molecule has 0 radical (unpaired) electrons. The third-order valence-corrected chi connectivity index (χ3v) is 6.51. The van der Waals surface area contributed by atoms with Crippen LogP contribution < -0.4 is 16.0 Å². The largest absolute Gasteiger partial charge is 0.490 e. The molecule has 3 rings (SSSR count). The van der Waals surface area contributed by atoms with Gasteiger partial charge in [-0.25, -0.2) is 9.78 Å². The molecular weight excluding hydrogens is 581 g/mol. The van der Waals surface area contributed by atoms with E-state index in [0.29, 0.717) is 30.8 Å². The maximum atomic E-state index is 13.3. The lowest BCUT2D eigenvalue weighted by molar-refractivity contribution is -0.205. The summed E-state index contributed by atoms with van der Waals surface area (Å²) in [5.74, 6) is -4.81. The number of ether oxygens (including phenoxy) is 1. The highest BCUT2D eigenvalue weighted by Crippen LogP contribution is 2.24. The summed E-state index contributed by atoms with van der Waals surface area (Å²) in [6.07, 6.45) is -5.17. The van der Waals surface area contributed by atoms with Gasteiger partial charge in [-0.05, 0) is 48.6 Å². The molecule has 2 unspecified atom stereocenters. The van der Waals surface area contributed by atoms with Crippen molar-refractivity contribution >= 4 is 29.6 Å². The summed E-state index contributed by atoms with van der Waals surface area (Å²) in [5, 5.41) is 17.4. The van der Waals surface area contributed by atoms with Crippen LogP contribution in [-0.4, -0.2) is 58.7 Å². The summed E-state index contributed by atoms with van der Waals surface area (Å²) in [4.78, 5) is 53.3. The number of nitrogens with zero attached hydrogens (tertiary/aromatic N) is 1. The molecule has 2 aromatic carbocycles. The van der Waals surface area contributed by atoms with E-state index < -0.39 is 54.5 Å². The Morgan fingerprint density at radius 3 is 2.16 bits per heavy atom. The highest BCUT2D eigenvalue weighted by molar-refractivity contribution is 5.89. The van der Waals surface area contributed by atoms with E-state index in [9.17, 15) is 37.5 Å². The van der Waals surface area contributed by atoms with Gasteiger partial charge in [-0.2, -0.15) is 13.2 Å². The summed E-state index contributed by atoms with van der Waals surface area (Å²) >= 11 is 0. The van der Waals surface area contributed by atoms with Crippen LogP contribution >= 0.6 is 0 Å². The van der Waals surface area contributed by atoms with E-state index >= 15 is 0 Å². The number of benzene rings is 2. The normalized spacial score (nSPS) is 13.2. The molecule has 13 heteroatoms. The number of esters is 1. The Morgan fingerprint density at radius 1 is 0.886 bits per heavy atom. The number of aliphatic carboxylic acids is 1. The first kappa shape index (κ1) is 33.6. The first-order chi connectivity index (χ1) is 20.9. The molecule has 0 saturated carbocycles. The van der Waals surface area contributed by atoms with Gasteiger partial charge in [0.2, 0.25) is 11.8 Å². The number of aromatic nitrogens is 1. The maximum Gasteiger partial charge on any atom is 0.490 e. The number of alkyl halides is 3. The van der Waals surface area contributed by atoms with Gasteiger partial charge < -0.3 is 25.8 Å². The van der Waals surface area contributed by atoms with Crippen LogP contribution in [0.3, 0.4) is 0 Å². The molecule has 0 fully saturated rings. The predicted molar refractivity (Wildman–Crippen MR) is 155 cm³/mol. The van der Waals surface area contributed by atoms with Crippen molar-refractivity contribution in [3.8, 4) is 11.1 Å². The van der Waals surface area contributed by atoms with E-state index in [1.54, 1.807) is 42.6 Å². The highest BCUT2D eigenvalue weighted by Gasteiger charge is 2.43. The number of nitrogens with one attached hydrogen (secondary N) is 3. The molecule has 0 aliphatic carbocycles. The van der Waals surface area contributed by atoms with E-state index in [-0.39, 0.29) is 6.42 Å². The zero-order valence-corrected chi connectivity index (χ0v) is 23.8. The minimum atomic E-state index is -5.33. The number of carboxylic acid groups (broad SMARTS) is 1. The highest BCUT2D eigenvalue weighted by atomic mass is 19.4. The Hall–Kier alpha value is -4.94. The summed E-state index contributed by atoms with van der Waals surface area (Å²) in [6, 6.07) is 18.6. The molecule has 4 N–H and O–H groups in total. The van der Waals surface area contributed by atoms with Crippen molar-refractivity contribution in [1.29, 1.82) is 0 Å². The molecule has 3 atom stereocenters. The number of hydrogen-bond donors (Lipinski definition) is 4. The Kier molecular flexibility index (Phi) is 12.2. The number of halogens is 3. The molecule has 2 amide bonds. The molecular formula is C31H33F3N4O6. The molecule has 1 aromatic heterocycles. The number of anilines is 1. The third kappa shape index (κ3) is 10.7. The topological polar surface area (TPSA) is 147 Å². The fourth-order valence-corrected chi connectivity index (χ4v) is 4.27. The van der Waals surface area contributed by atoms with Crippen molar-refractivity contribution < 1.29 is 42.2 Å². The second-order valence-corrected chi connectivity index (χ2v) is 9.90. The molecule has 1 heterocycles. The monoisotopic (exact) mass is 614 g/mol. The summed E-state index contributed by atoms with van der Waals surface area (Å²) in [6.45, 7) is 1.53. The van der Waals surface area contributed by atoms with Gasteiger partial charge in [0.15, 0.2) is 0 Å². The van der Waals surface area contributed by atoms with Crippen LogP contribution in [-0.2, 0) is 23.9 Å². The lowest BCUT2D eigenvalue weighted by Crippen LogP contribution is -2.54. The van der Waals surface area contributed by atoms with Gasteiger partial charge in [0.25, 0.3) is 0 Å². The minimum absolute atomic E-state index is 0.0763. The van der Waals surface area contributed by atoms with E-state index in [1.165, 1.54) is 0 Å². The van der Waals surface area contributed by atoms with Gasteiger partial charge in [0.1, 0.15) is 18.0 Å². The van der Waals surface area contributed by atoms with E-state index in [1.807, 2.05) is 36.4 Å². The van der Waals surface area contributed by atoms with Crippen LogP contribution in [0.25, 0.3) is 11.1 Å². The average Bonchev–Trinajstić information content (AvgIpc) is 2.99. The van der Waals surface area contributed by atoms with Crippen LogP contribution in [0.1, 0.15) is 44.2 Å². The molecule has 10 nitrogen and oxygen atoms in total. The van der Waals surface area contributed by atoms with Gasteiger partial charge in [0, 0.05) is 19.2 Å². The van der Waals surface area contributed by atoms with Crippen LogP contribution in [0.4, 0.5) is 19.0 Å². The first-order valence-electron chi connectivity index (χ1n) is 13.8. The molecule has 3 aromatic rings. The van der Waals surface area contributed by atoms with Crippen LogP contribution in [0.15, 0.2) is 79.0 Å². The number of carbonyl (C=O) groups is 4. The molecule has 0 bridgehead atoms. The maximum absolute atomic E-state index is 13.3. The van der Waals surface area contributed by atoms with E-state index in [4.69, 9.17) is 0 Å². The van der Waals surface area contributed by atoms with Gasteiger partial charge in [-0.15, -0.1) is 0 Å². The molecule has 44 heavy (non-hydrogen) atoms. The number of amides is 2. The van der Waals surface area contributed by atoms with Gasteiger partial charge in [-0.3, -0.25) is 14.4 Å². The standard InChI is InChI=1S/C31H33F3N4O6/c1-20(44-30(43)31(32,33)34)28(38-26(39)12-6-8-18-36-25-11-5-7-17-35-25)29(42)37-24(19-27(40)41)23-15-13-22(14-16-23)21-9-3-2-4-10-21/h2-5,7,9-11,13-17,20,24,28H,6,8,12,18-19H2,1H3,(H,35,36)(H,37,42)(H,38,39)(H,40,41)/t20?,24?,28-/m1/s1. The molecule has 0 spiro atoms. The Balaban J connectivity index is 1.70. The van der Waals surface area contributed by atoms with Gasteiger partial charge in [0.05, 0.1) is 12.5 Å². The quantitative estimate of drug-likeness (QED) is 0.143. The first-order valence-corrected chi connectivity index (χ1v) is 13.8. The SMILES string of the molecule is CC(OC(=O)C(F)(F)F)[C@@H](NC(=O)CCCCNc1ccccn1)C(=O)NC(CC(=O)O)c1ccc(-c2ccccc2)cc1. The zero-order valence-electron chi connectivity index (χ0n) is 23.8. The van der Waals surface area contributed by atoms with Gasteiger partial charge >= 0.3 is 18.1 Å². The van der Waals surface area contributed by atoms with Crippen LogP contribution in [0, 0.1) is 0 Å². The van der Waals surface area contributed by atoms with E-state index in [0.717, 1.165) is 18.1 Å². The fourth-order valence-electron chi connectivity index (χ4n) is 4.27. The van der Waals surface area contributed by atoms with E-state index in [2.05, 4.69) is 25.7 Å². The smallest absolute Gasteiger partial charge is 0.481 e. The number of carbonyl (C=O) groups excluding carboxylic acids is 3. The summed E-state index contributed by atoms with van der Waals surface area (Å²) in [5.41, 5.74) is 2.15. The second kappa shape index (κ2) is 16.1. The van der Waals surface area contributed by atoms with Crippen molar-refractivity contribution in [3.63, 3.8) is 0 Å². The third-order valence-electron chi connectivity index (χ3n) is 6.51. The predicted octanol–water partition coefficient (Wildman–Crippen LogP) is 4.64.